The minimum atomic E-state index is -1.21. The van der Waals surface area contributed by atoms with Crippen LogP contribution in [-0.2, 0) is 52.8 Å². The van der Waals surface area contributed by atoms with Crippen LogP contribution >= 0.6 is 0 Å². The molecule has 3 N–H and O–H groups in total. The van der Waals surface area contributed by atoms with Gasteiger partial charge in [0, 0.05) is 12.8 Å². The summed E-state index contributed by atoms with van der Waals surface area (Å²) in [6.45, 7) is 11.8. The van der Waals surface area contributed by atoms with E-state index in [4.69, 9.17) is 28.4 Å². The minimum Gasteiger partial charge on any atom is -0.496 e. The highest BCUT2D eigenvalue weighted by molar-refractivity contribution is 5.90. The fourth-order valence-corrected chi connectivity index (χ4v) is 5.34. The van der Waals surface area contributed by atoms with Gasteiger partial charge in [0.05, 0.1) is 21.3 Å². The van der Waals surface area contributed by atoms with Crippen molar-refractivity contribution >= 4 is 30.0 Å². The summed E-state index contributed by atoms with van der Waals surface area (Å²) in [5, 5.41) is 7.88. The van der Waals surface area contributed by atoms with Crippen molar-refractivity contribution in [3.63, 3.8) is 0 Å². The van der Waals surface area contributed by atoms with Crippen LogP contribution in [0.1, 0.15) is 65.2 Å². The Hall–Kier alpha value is -5.79. The van der Waals surface area contributed by atoms with Gasteiger partial charge in [0.25, 0.3) is 0 Å². The molecule has 0 aliphatic carbocycles. The number of benzene rings is 3. The Bertz CT molecular complexity index is 1800. The normalized spacial score (nSPS) is 12.9. The van der Waals surface area contributed by atoms with E-state index in [1.54, 1.807) is 71.9 Å². The molecule has 3 amide bonds. The van der Waals surface area contributed by atoms with Crippen LogP contribution in [0, 0.1) is 0 Å². The molecule has 0 aromatic heterocycles. The lowest BCUT2D eigenvalue weighted by molar-refractivity contribution is -0.158. The minimum absolute atomic E-state index is 0.0129. The van der Waals surface area contributed by atoms with Crippen molar-refractivity contribution in [1.82, 2.24) is 16.0 Å². The molecule has 3 rings (SSSR count). The second-order valence-electron chi connectivity index (χ2n) is 14.7. The molecule has 0 unspecified atom stereocenters. The first-order valence-corrected chi connectivity index (χ1v) is 17.7. The van der Waals surface area contributed by atoms with Gasteiger partial charge in [0.1, 0.15) is 47.4 Å². The zero-order chi connectivity index (χ0) is 40.9. The number of rotatable bonds is 15. The van der Waals surface area contributed by atoms with Crippen molar-refractivity contribution in [2.45, 2.75) is 97.2 Å². The standard InChI is InChI=1S/C41H53N3O11/c1-25(36(46)54-40(2,3)4)42-35(45)31(43-38(48)53-24-26-14-12-11-13-15-26)22-29-20-27(16-18-33(29)50-8)28-17-19-34(51-9)30(21-28)23-32(37(47)52-10)44-39(49)55-41(5,6)7/h11-21,25,31-32H,22-24H2,1-10H3,(H,42,45)(H,43,48)(H,44,49)/t25-,31-,32-/m0/s1. The number of alkyl carbamates (subject to hydrolysis) is 2. The fraction of sp³-hybridized carbons (Fsp3) is 0.439. The van der Waals surface area contributed by atoms with Gasteiger partial charge in [-0.25, -0.2) is 19.2 Å². The first kappa shape index (κ1) is 43.6. The van der Waals surface area contributed by atoms with E-state index < -0.39 is 59.4 Å². The number of amides is 3. The Morgan fingerprint density at radius 3 is 1.62 bits per heavy atom. The number of hydrogen-bond acceptors (Lipinski definition) is 11. The van der Waals surface area contributed by atoms with Gasteiger partial charge in [0.15, 0.2) is 0 Å². The number of carbonyl (C=O) groups is 5. The fourth-order valence-electron chi connectivity index (χ4n) is 5.34. The van der Waals surface area contributed by atoms with Crippen LogP contribution in [0.4, 0.5) is 9.59 Å². The summed E-state index contributed by atoms with van der Waals surface area (Å²) in [6, 6.07) is 16.4. The smallest absolute Gasteiger partial charge is 0.408 e. The summed E-state index contributed by atoms with van der Waals surface area (Å²) in [5.74, 6) is -1.07. The second kappa shape index (κ2) is 19.5. The van der Waals surface area contributed by atoms with Crippen molar-refractivity contribution < 1.29 is 52.4 Å². The van der Waals surface area contributed by atoms with E-state index in [1.807, 2.05) is 36.4 Å². The van der Waals surface area contributed by atoms with E-state index >= 15 is 0 Å². The molecule has 3 atom stereocenters. The molecule has 55 heavy (non-hydrogen) atoms. The van der Waals surface area contributed by atoms with E-state index in [0.29, 0.717) is 33.8 Å². The molecule has 0 saturated heterocycles. The van der Waals surface area contributed by atoms with Crippen LogP contribution in [0.25, 0.3) is 11.1 Å². The Morgan fingerprint density at radius 1 is 0.618 bits per heavy atom. The molecule has 0 saturated carbocycles. The first-order valence-electron chi connectivity index (χ1n) is 17.7. The van der Waals surface area contributed by atoms with Crippen LogP contribution in [0.3, 0.4) is 0 Å². The van der Waals surface area contributed by atoms with Crippen LogP contribution < -0.4 is 25.4 Å². The monoisotopic (exact) mass is 763 g/mol. The SMILES string of the molecule is COC(=O)[C@H](Cc1cc(-c2ccc(OC)c(C[C@H](NC(=O)OCc3ccccc3)C(=O)N[C@@H](C)C(=O)OC(C)(C)C)c2)ccc1OC)NC(=O)OC(C)(C)C. The summed E-state index contributed by atoms with van der Waals surface area (Å²) in [7, 11) is 4.20. The molecule has 0 fully saturated rings. The largest absolute Gasteiger partial charge is 0.496 e. The van der Waals surface area contributed by atoms with E-state index in [2.05, 4.69) is 16.0 Å². The third kappa shape index (κ3) is 14.2. The Morgan fingerprint density at radius 2 is 1.13 bits per heavy atom. The molecule has 0 aliphatic heterocycles. The molecule has 0 bridgehead atoms. The van der Waals surface area contributed by atoms with Crippen molar-refractivity contribution in [2.24, 2.45) is 0 Å². The Kier molecular flexibility index (Phi) is 15.5. The molecular formula is C41H53N3O11. The summed E-state index contributed by atoms with van der Waals surface area (Å²) >= 11 is 0. The third-order valence-corrected chi connectivity index (χ3v) is 7.86. The first-order chi connectivity index (χ1) is 25.8. The maximum absolute atomic E-state index is 13.7. The average Bonchev–Trinajstić information content (AvgIpc) is 3.11. The van der Waals surface area contributed by atoms with Gasteiger partial charge in [-0.2, -0.15) is 0 Å². The molecule has 14 heteroatoms. The predicted molar refractivity (Wildman–Crippen MR) is 205 cm³/mol. The number of ether oxygens (including phenoxy) is 6. The molecule has 0 spiro atoms. The topological polar surface area (TPSA) is 177 Å². The van der Waals surface area contributed by atoms with Gasteiger partial charge < -0.3 is 44.4 Å². The van der Waals surface area contributed by atoms with E-state index in [1.165, 1.54) is 28.3 Å². The predicted octanol–water partition coefficient (Wildman–Crippen LogP) is 5.66. The van der Waals surface area contributed by atoms with Crippen molar-refractivity contribution in [3.8, 4) is 22.6 Å². The highest BCUT2D eigenvalue weighted by Gasteiger charge is 2.30. The molecule has 3 aromatic carbocycles. The molecule has 0 radical (unpaired) electrons. The molecule has 298 valence electrons. The van der Waals surface area contributed by atoms with Crippen molar-refractivity contribution in [3.05, 3.63) is 83.4 Å². The van der Waals surface area contributed by atoms with Crippen LogP contribution in [0.5, 0.6) is 11.5 Å². The van der Waals surface area contributed by atoms with Gasteiger partial charge in [-0.15, -0.1) is 0 Å². The van der Waals surface area contributed by atoms with E-state index in [-0.39, 0.29) is 19.4 Å². The lowest BCUT2D eigenvalue weighted by Crippen LogP contribution is -2.52. The number of esters is 2. The van der Waals surface area contributed by atoms with Crippen molar-refractivity contribution in [1.29, 1.82) is 0 Å². The maximum Gasteiger partial charge on any atom is 0.408 e. The van der Waals surface area contributed by atoms with Crippen molar-refractivity contribution in [2.75, 3.05) is 21.3 Å². The highest BCUT2D eigenvalue weighted by atomic mass is 16.6. The molecular weight excluding hydrogens is 710 g/mol. The lowest BCUT2D eigenvalue weighted by Gasteiger charge is -2.25. The quantitative estimate of drug-likeness (QED) is 0.129. The number of hydrogen-bond donors (Lipinski definition) is 3. The number of methoxy groups -OCH3 is 3. The van der Waals surface area contributed by atoms with Crippen LogP contribution in [0.15, 0.2) is 66.7 Å². The third-order valence-electron chi connectivity index (χ3n) is 7.86. The van der Waals surface area contributed by atoms with Gasteiger partial charge >= 0.3 is 24.1 Å². The van der Waals surface area contributed by atoms with Gasteiger partial charge in [0.2, 0.25) is 5.91 Å². The van der Waals surface area contributed by atoms with Crippen LogP contribution in [0.2, 0.25) is 0 Å². The second-order valence-corrected chi connectivity index (χ2v) is 14.7. The lowest BCUT2D eigenvalue weighted by atomic mass is 9.95. The van der Waals surface area contributed by atoms with Gasteiger partial charge in [-0.1, -0.05) is 42.5 Å². The molecule has 0 aliphatic rings. The zero-order valence-electron chi connectivity index (χ0n) is 33.2. The molecule has 0 heterocycles. The van der Waals surface area contributed by atoms with E-state index in [9.17, 15) is 24.0 Å². The Balaban J connectivity index is 1.96. The summed E-state index contributed by atoms with van der Waals surface area (Å²) < 4.78 is 32.4. The highest BCUT2D eigenvalue weighted by Crippen LogP contribution is 2.32. The average molecular weight is 764 g/mol. The summed E-state index contributed by atoms with van der Waals surface area (Å²) in [6.07, 6.45) is -1.67. The number of carbonyl (C=O) groups excluding carboxylic acids is 5. The molecule has 14 nitrogen and oxygen atoms in total. The van der Waals surface area contributed by atoms with Gasteiger partial charge in [-0.05, 0) is 101 Å². The zero-order valence-corrected chi connectivity index (χ0v) is 33.2. The molecule has 3 aromatic rings. The van der Waals surface area contributed by atoms with E-state index in [0.717, 1.165) is 5.56 Å². The van der Waals surface area contributed by atoms with Gasteiger partial charge in [-0.3, -0.25) is 4.79 Å². The number of nitrogens with one attached hydrogen (secondary N) is 3. The summed E-state index contributed by atoms with van der Waals surface area (Å²) in [5.41, 5.74) is 1.72. The van der Waals surface area contributed by atoms with Crippen LogP contribution in [-0.4, -0.2) is 80.7 Å². The summed E-state index contributed by atoms with van der Waals surface area (Å²) in [4.78, 5) is 64.9. The Labute approximate surface area is 322 Å². The maximum atomic E-state index is 13.7.